The first-order valence-corrected chi connectivity index (χ1v) is 12.6. The number of ether oxygens (including phenoxy) is 1. The average Bonchev–Trinajstić information content (AvgIpc) is 3.65. The SMILES string of the molecule is C=CCn1c(CCCOc2ccc(-c3noc([C@@H]4CCCN4C(=N)N)n3)cc2C(F)(F)F)nc2ccccc21. The summed E-state index contributed by atoms with van der Waals surface area (Å²) in [5.74, 6) is 0.682. The van der Waals surface area contributed by atoms with Crippen molar-refractivity contribution in [3.05, 3.63) is 72.4 Å². The molecule has 0 radical (unpaired) electrons. The molecule has 0 saturated carbocycles. The quantitative estimate of drug-likeness (QED) is 0.128. The van der Waals surface area contributed by atoms with Crippen molar-refractivity contribution in [1.82, 2.24) is 24.6 Å². The summed E-state index contributed by atoms with van der Waals surface area (Å²) in [6.45, 7) is 5.04. The number of nitrogens with one attached hydrogen (secondary N) is 1. The number of fused-ring (bicyclic) bond motifs is 1. The maximum atomic E-state index is 14.0. The molecule has 5 rings (SSSR count). The maximum Gasteiger partial charge on any atom is 0.419 e. The summed E-state index contributed by atoms with van der Waals surface area (Å²) in [7, 11) is 0. The molecule has 4 aromatic rings. The van der Waals surface area contributed by atoms with Crippen molar-refractivity contribution in [1.29, 1.82) is 5.41 Å². The van der Waals surface area contributed by atoms with E-state index >= 15 is 0 Å². The van der Waals surface area contributed by atoms with E-state index in [9.17, 15) is 13.2 Å². The van der Waals surface area contributed by atoms with E-state index in [1.807, 2.05) is 28.8 Å². The number of aromatic nitrogens is 4. The number of guanidine groups is 1. The highest BCUT2D eigenvalue weighted by Crippen LogP contribution is 2.39. The Balaban J connectivity index is 1.29. The normalized spacial score (nSPS) is 15.7. The number of para-hydroxylation sites is 2. The van der Waals surface area contributed by atoms with Crippen molar-refractivity contribution in [3.63, 3.8) is 0 Å². The van der Waals surface area contributed by atoms with Gasteiger partial charge in [-0.3, -0.25) is 5.41 Å². The smallest absolute Gasteiger partial charge is 0.419 e. The Morgan fingerprint density at radius 2 is 2.05 bits per heavy atom. The van der Waals surface area contributed by atoms with Crippen LogP contribution in [0.5, 0.6) is 5.75 Å². The molecule has 2 aromatic carbocycles. The van der Waals surface area contributed by atoms with Crippen molar-refractivity contribution in [2.45, 2.75) is 44.4 Å². The molecular weight excluding hydrogens is 511 g/mol. The molecule has 0 spiro atoms. The number of nitrogens with two attached hydrogens (primary N) is 1. The van der Waals surface area contributed by atoms with Gasteiger partial charge in [-0.1, -0.05) is 23.4 Å². The summed E-state index contributed by atoms with van der Waals surface area (Å²) in [4.78, 5) is 10.6. The van der Waals surface area contributed by atoms with Crippen LogP contribution in [0.3, 0.4) is 0 Å². The molecule has 9 nitrogen and oxygen atoms in total. The average molecular weight is 540 g/mol. The minimum absolute atomic E-state index is 0.0265. The van der Waals surface area contributed by atoms with Crippen LogP contribution >= 0.6 is 0 Å². The number of hydrogen-bond acceptors (Lipinski definition) is 6. The van der Waals surface area contributed by atoms with Crippen molar-refractivity contribution < 1.29 is 22.4 Å². The van der Waals surface area contributed by atoms with Crippen molar-refractivity contribution in [2.75, 3.05) is 13.2 Å². The van der Waals surface area contributed by atoms with E-state index in [0.29, 0.717) is 32.4 Å². The summed E-state index contributed by atoms with van der Waals surface area (Å²) in [5, 5.41) is 11.6. The number of benzene rings is 2. The van der Waals surface area contributed by atoms with Gasteiger partial charge in [0.1, 0.15) is 17.6 Å². The fraction of sp³-hybridized carbons (Fsp3) is 0.333. The number of likely N-dealkylation sites (tertiary alicyclic amines) is 1. The van der Waals surface area contributed by atoms with Crippen LogP contribution in [0.15, 0.2) is 59.6 Å². The standard InChI is InChI=1S/C27H28F3N7O2/c1-2-13-36-20-8-4-3-7-19(20)33-23(36)10-6-15-38-22-12-11-17(16-18(22)27(28,29)30)24-34-25(39-35-24)21-9-5-14-37(21)26(31)32/h2-4,7-8,11-12,16,21H,1,5-6,9-10,13-15H2,(H3,31,32)/t21-/m0/s1. The van der Waals surface area contributed by atoms with Gasteiger partial charge >= 0.3 is 6.18 Å². The van der Waals surface area contributed by atoms with Crippen LogP contribution in [-0.4, -0.2) is 43.7 Å². The highest BCUT2D eigenvalue weighted by Gasteiger charge is 2.36. The van der Waals surface area contributed by atoms with Crippen LogP contribution in [0, 0.1) is 5.41 Å². The molecule has 1 atom stereocenters. The highest BCUT2D eigenvalue weighted by atomic mass is 19.4. The van der Waals surface area contributed by atoms with Gasteiger partial charge in [-0.25, -0.2) is 4.98 Å². The fourth-order valence-corrected chi connectivity index (χ4v) is 4.88. The molecule has 1 aliphatic heterocycles. The van der Waals surface area contributed by atoms with Gasteiger partial charge in [-0.2, -0.15) is 18.2 Å². The van der Waals surface area contributed by atoms with Crippen LogP contribution in [0.4, 0.5) is 13.2 Å². The first-order valence-electron chi connectivity index (χ1n) is 12.6. The number of rotatable bonds is 9. The Bertz CT molecular complexity index is 1490. The number of aryl methyl sites for hydroxylation is 1. The predicted octanol–water partition coefficient (Wildman–Crippen LogP) is 5.33. The van der Waals surface area contributed by atoms with E-state index in [-0.39, 0.29) is 41.6 Å². The van der Waals surface area contributed by atoms with Crippen LogP contribution in [0.1, 0.15) is 42.6 Å². The minimum Gasteiger partial charge on any atom is -0.493 e. The van der Waals surface area contributed by atoms with Gasteiger partial charge < -0.3 is 24.5 Å². The molecule has 39 heavy (non-hydrogen) atoms. The second-order valence-electron chi connectivity index (χ2n) is 9.27. The minimum atomic E-state index is -4.65. The summed E-state index contributed by atoms with van der Waals surface area (Å²) in [6, 6.07) is 11.1. The van der Waals surface area contributed by atoms with Gasteiger partial charge in [0, 0.05) is 25.1 Å². The molecular formula is C27H28F3N7O2. The Labute approximate surface area is 222 Å². The lowest BCUT2D eigenvalue weighted by molar-refractivity contribution is -0.138. The van der Waals surface area contributed by atoms with E-state index in [2.05, 4.69) is 21.7 Å². The molecule has 0 amide bonds. The predicted molar refractivity (Wildman–Crippen MR) is 139 cm³/mol. The van der Waals surface area contributed by atoms with Gasteiger partial charge in [0.25, 0.3) is 0 Å². The van der Waals surface area contributed by atoms with E-state index in [0.717, 1.165) is 29.3 Å². The van der Waals surface area contributed by atoms with Gasteiger partial charge in [0.05, 0.1) is 23.2 Å². The Morgan fingerprint density at radius 3 is 2.82 bits per heavy atom. The zero-order chi connectivity index (χ0) is 27.6. The van der Waals surface area contributed by atoms with E-state index < -0.39 is 11.7 Å². The molecule has 1 saturated heterocycles. The molecule has 0 aliphatic carbocycles. The lowest BCUT2D eigenvalue weighted by Crippen LogP contribution is -2.35. The third-order valence-electron chi connectivity index (χ3n) is 6.68. The zero-order valence-corrected chi connectivity index (χ0v) is 21.1. The number of imidazole rings is 1. The van der Waals surface area contributed by atoms with Crippen LogP contribution in [0.2, 0.25) is 0 Å². The molecule has 1 aliphatic rings. The van der Waals surface area contributed by atoms with Crippen LogP contribution in [-0.2, 0) is 19.1 Å². The number of alkyl halides is 3. The second kappa shape index (κ2) is 10.8. The zero-order valence-electron chi connectivity index (χ0n) is 21.1. The molecule has 3 heterocycles. The Morgan fingerprint density at radius 1 is 1.23 bits per heavy atom. The number of nitrogens with zero attached hydrogens (tertiary/aromatic N) is 5. The first-order chi connectivity index (χ1) is 18.8. The Hall–Kier alpha value is -4.35. The topological polar surface area (TPSA) is 119 Å². The van der Waals surface area contributed by atoms with Gasteiger partial charge in [0.15, 0.2) is 5.96 Å². The highest BCUT2D eigenvalue weighted by molar-refractivity contribution is 5.76. The van der Waals surface area contributed by atoms with Gasteiger partial charge in [-0.05, 0) is 49.6 Å². The fourth-order valence-electron chi connectivity index (χ4n) is 4.88. The van der Waals surface area contributed by atoms with Crippen LogP contribution < -0.4 is 10.5 Å². The van der Waals surface area contributed by atoms with Gasteiger partial charge in [0.2, 0.25) is 11.7 Å². The molecule has 3 N–H and O–H groups in total. The summed E-state index contributed by atoms with van der Waals surface area (Å²) >= 11 is 0. The van der Waals surface area contributed by atoms with Crippen molar-refractivity contribution >= 4 is 17.0 Å². The molecule has 0 unspecified atom stereocenters. The van der Waals surface area contributed by atoms with E-state index in [4.69, 9.17) is 20.4 Å². The summed E-state index contributed by atoms with van der Waals surface area (Å²) in [5.41, 5.74) is 6.69. The van der Waals surface area contributed by atoms with Crippen molar-refractivity contribution in [2.24, 2.45) is 5.73 Å². The van der Waals surface area contributed by atoms with Gasteiger partial charge in [-0.15, -0.1) is 6.58 Å². The van der Waals surface area contributed by atoms with E-state index in [1.54, 1.807) is 11.0 Å². The monoisotopic (exact) mass is 539 g/mol. The Kier molecular flexibility index (Phi) is 7.27. The molecule has 2 aromatic heterocycles. The van der Waals surface area contributed by atoms with Crippen LogP contribution in [0.25, 0.3) is 22.4 Å². The molecule has 12 heteroatoms. The summed E-state index contributed by atoms with van der Waals surface area (Å²) in [6.07, 6.45) is -0.407. The third-order valence-corrected chi connectivity index (χ3v) is 6.68. The second-order valence-corrected chi connectivity index (χ2v) is 9.27. The lowest BCUT2D eigenvalue weighted by atomic mass is 10.1. The van der Waals surface area contributed by atoms with Crippen molar-refractivity contribution in [3.8, 4) is 17.1 Å². The molecule has 204 valence electrons. The maximum absolute atomic E-state index is 14.0. The third kappa shape index (κ3) is 5.45. The number of allylic oxidation sites excluding steroid dienone is 1. The largest absolute Gasteiger partial charge is 0.493 e. The molecule has 0 bridgehead atoms. The summed E-state index contributed by atoms with van der Waals surface area (Å²) < 4.78 is 54.8. The first kappa shape index (κ1) is 26.3. The molecule has 1 fully saturated rings. The lowest BCUT2D eigenvalue weighted by Gasteiger charge is -2.21. The number of hydrogen-bond donors (Lipinski definition) is 2. The number of halogens is 3. The van der Waals surface area contributed by atoms with E-state index in [1.165, 1.54) is 12.1 Å².